The van der Waals surface area contributed by atoms with E-state index in [2.05, 4.69) is 19.2 Å². The van der Waals surface area contributed by atoms with Crippen LogP contribution in [0.3, 0.4) is 0 Å². The zero-order valence-electron chi connectivity index (χ0n) is 9.89. The molecule has 0 saturated carbocycles. The molecule has 0 radical (unpaired) electrons. The zero-order chi connectivity index (χ0) is 11.9. The number of hydrogen-bond donors (Lipinski definition) is 1. The van der Waals surface area contributed by atoms with E-state index in [1.54, 1.807) is 0 Å². The minimum absolute atomic E-state index is 0.637. The number of benzene rings is 1. The van der Waals surface area contributed by atoms with Crippen LogP contribution in [0.2, 0.25) is 0 Å². The molecule has 2 rings (SSSR count). The van der Waals surface area contributed by atoms with Crippen molar-refractivity contribution in [3.05, 3.63) is 41.5 Å². The van der Waals surface area contributed by atoms with Crippen molar-refractivity contribution < 1.29 is 4.74 Å². The van der Waals surface area contributed by atoms with E-state index in [0.29, 0.717) is 13.2 Å². The van der Waals surface area contributed by atoms with Gasteiger partial charge >= 0.3 is 0 Å². The van der Waals surface area contributed by atoms with Crippen LogP contribution < -0.4 is 5.73 Å². The lowest BCUT2D eigenvalue weighted by molar-refractivity contribution is 0.134. The molecule has 1 aromatic rings. The molecule has 0 saturated heterocycles. The first-order valence-corrected chi connectivity index (χ1v) is 5.36. The Balaban J connectivity index is 2.75. The Morgan fingerprint density at radius 2 is 1.94 bits per heavy atom. The zero-order valence-corrected chi connectivity index (χ0v) is 9.89. The topological polar surface area (TPSA) is 35.2 Å². The van der Waals surface area contributed by atoms with Crippen LogP contribution in [-0.4, -0.2) is 0 Å². The van der Waals surface area contributed by atoms with Gasteiger partial charge in [-0.15, -0.1) is 0 Å². The van der Waals surface area contributed by atoms with Crippen LogP contribution in [0.25, 0.3) is 11.1 Å². The van der Waals surface area contributed by atoms with Gasteiger partial charge in [0, 0.05) is 16.8 Å². The molecule has 0 bridgehead atoms. The Morgan fingerprint density at radius 1 is 1.25 bits per heavy atom. The predicted molar refractivity (Wildman–Crippen MR) is 68.8 cm³/mol. The molecule has 2 N–H and O–H groups in total. The van der Waals surface area contributed by atoms with E-state index >= 15 is 0 Å². The summed E-state index contributed by atoms with van der Waals surface area (Å²) in [5.41, 5.74) is 13.4. The van der Waals surface area contributed by atoms with Gasteiger partial charge in [-0.05, 0) is 42.2 Å². The van der Waals surface area contributed by atoms with Crippen LogP contribution in [0.15, 0.2) is 19.2 Å². The number of hydrogen-bond acceptors (Lipinski definition) is 2. The first-order chi connectivity index (χ1) is 7.52. The number of ether oxygens (including phenoxy) is 1. The van der Waals surface area contributed by atoms with Gasteiger partial charge in [0.1, 0.15) is 0 Å². The van der Waals surface area contributed by atoms with Crippen LogP contribution in [-0.2, 0) is 18.0 Å². The Hall–Kier alpha value is -1.54. The lowest BCUT2D eigenvalue weighted by atomic mass is 9.91. The van der Waals surface area contributed by atoms with E-state index in [-0.39, 0.29) is 0 Å². The summed E-state index contributed by atoms with van der Waals surface area (Å²) in [5.74, 6) is 0. The number of fused-ring (bicyclic) bond motifs is 1. The van der Waals surface area contributed by atoms with Crippen molar-refractivity contribution in [1.82, 2.24) is 0 Å². The fourth-order valence-electron chi connectivity index (χ4n) is 2.19. The summed E-state index contributed by atoms with van der Waals surface area (Å²) in [6, 6.07) is 2.09. The van der Waals surface area contributed by atoms with E-state index in [4.69, 9.17) is 10.5 Å². The summed E-state index contributed by atoms with van der Waals surface area (Å²) in [6.45, 7) is 13.2. The first kappa shape index (κ1) is 11.0. The second-order valence-electron chi connectivity index (χ2n) is 4.40. The highest BCUT2D eigenvalue weighted by molar-refractivity contribution is 5.85. The van der Waals surface area contributed by atoms with Gasteiger partial charge in [0.05, 0.1) is 13.2 Å². The molecule has 1 aliphatic heterocycles. The third kappa shape index (κ3) is 1.55. The summed E-state index contributed by atoms with van der Waals surface area (Å²) in [6.07, 6.45) is 0. The Labute approximate surface area is 96.4 Å². The van der Waals surface area contributed by atoms with Gasteiger partial charge in [-0.2, -0.15) is 0 Å². The average molecular weight is 215 g/mol. The van der Waals surface area contributed by atoms with Crippen LogP contribution >= 0.6 is 0 Å². The first-order valence-electron chi connectivity index (χ1n) is 5.36. The van der Waals surface area contributed by atoms with Gasteiger partial charge < -0.3 is 10.5 Å². The summed E-state index contributed by atoms with van der Waals surface area (Å²) in [5, 5.41) is 0. The number of nitrogen functional groups attached to an aromatic ring is 1. The summed E-state index contributed by atoms with van der Waals surface area (Å²) in [4.78, 5) is 0. The van der Waals surface area contributed by atoms with Crippen LogP contribution in [0, 0.1) is 0 Å². The highest BCUT2D eigenvalue weighted by atomic mass is 16.5. The Kier molecular flexibility index (Phi) is 2.60. The molecular weight excluding hydrogens is 198 g/mol. The number of anilines is 1. The highest BCUT2D eigenvalue weighted by Gasteiger charge is 2.20. The van der Waals surface area contributed by atoms with Crippen molar-refractivity contribution in [2.24, 2.45) is 0 Å². The van der Waals surface area contributed by atoms with Crippen molar-refractivity contribution >= 4 is 16.8 Å². The minimum Gasteiger partial charge on any atom is -0.398 e. The van der Waals surface area contributed by atoms with Crippen molar-refractivity contribution in [3.8, 4) is 0 Å². The molecule has 0 fully saturated rings. The summed E-state index contributed by atoms with van der Waals surface area (Å²) in [7, 11) is 0. The van der Waals surface area contributed by atoms with E-state index < -0.39 is 0 Å². The second-order valence-corrected chi connectivity index (χ2v) is 4.40. The lowest BCUT2D eigenvalue weighted by Gasteiger charge is -2.15. The normalized spacial score (nSPS) is 13.6. The Morgan fingerprint density at radius 3 is 2.50 bits per heavy atom. The maximum atomic E-state index is 6.18. The van der Waals surface area contributed by atoms with E-state index in [1.165, 1.54) is 11.1 Å². The van der Waals surface area contributed by atoms with Crippen LogP contribution in [0.4, 0.5) is 5.69 Å². The molecule has 0 aliphatic carbocycles. The van der Waals surface area contributed by atoms with Gasteiger partial charge in [-0.25, -0.2) is 0 Å². The molecule has 0 unspecified atom stereocenters. The quantitative estimate of drug-likeness (QED) is 0.768. The van der Waals surface area contributed by atoms with E-state index in [9.17, 15) is 0 Å². The minimum atomic E-state index is 0.637. The molecule has 0 atom stereocenters. The van der Waals surface area contributed by atoms with E-state index in [1.807, 2.05) is 13.8 Å². The molecule has 2 heteroatoms. The fraction of sp³-hybridized carbons (Fsp3) is 0.286. The molecule has 1 aliphatic rings. The van der Waals surface area contributed by atoms with Gasteiger partial charge in [0.25, 0.3) is 0 Å². The summed E-state index contributed by atoms with van der Waals surface area (Å²) < 4.78 is 5.47. The third-order valence-corrected chi connectivity index (χ3v) is 2.96. The largest absolute Gasteiger partial charge is 0.398 e. The predicted octanol–water partition coefficient (Wildman–Crippen LogP) is 3.37. The van der Waals surface area contributed by atoms with Crippen molar-refractivity contribution in [2.45, 2.75) is 27.1 Å². The lowest BCUT2D eigenvalue weighted by Crippen LogP contribution is -2.02. The molecule has 2 nitrogen and oxygen atoms in total. The second kappa shape index (κ2) is 3.80. The average Bonchev–Trinajstić information content (AvgIpc) is 2.62. The molecular formula is C14H17NO. The monoisotopic (exact) mass is 215 g/mol. The SMILES string of the molecule is C=C(C)c1cc2c(c(C(=C)C)c1N)COC2. The molecule has 84 valence electrons. The Bertz CT molecular complexity index is 486. The van der Waals surface area contributed by atoms with Gasteiger partial charge in [0.15, 0.2) is 0 Å². The molecule has 1 aromatic carbocycles. The molecule has 0 spiro atoms. The van der Waals surface area contributed by atoms with Gasteiger partial charge in [-0.1, -0.05) is 13.2 Å². The maximum absolute atomic E-state index is 6.18. The standard InChI is InChI=1S/C14H17NO/c1-8(2)11-5-10-6-16-7-12(10)13(9(3)4)14(11)15/h5H,1,3,6-7,15H2,2,4H3. The van der Waals surface area contributed by atoms with Crippen molar-refractivity contribution in [3.63, 3.8) is 0 Å². The molecule has 16 heavy (non-hydrogen) atoms. The van der Waals surface area contributed by atoms with Crippen molar-refractivity contribution in [1.29, 1.82) is 0 Å². The van der Waals surface area contributed by atoms with E-state index in [0.717, 1.165) is 28.0 Å². The number of rotatable bonds is 2. The third-order valence-electron chi connectivity index (χ3n) is 2.96. The van der Waals surface area contributed by atoms with Crippen molar-refractivity contribution in [2.75, 3.05) is 5.73 Å². The van der Waals surface area contributed by atoms with Gasteiger partial charge in [0.2, 0.25) is 0 Å². The van der Waals surface area contributed by atoms with Crippen LogP contribution in [0.1, 0.15) is 36.1 Å². The number of nitrogens with two attached hydrogens (primary N) is 1. The van der Waals surface area contributed by atoms with Crippen LogP contribution in [0.5, 0.6) is 0 Å². The molecule has 0 amide bonds. The molecule has 0 aromatic heterocycles. The summed E-state index contributed by atoms with van der Waals surface area (Å²) >= 11 is 0. The molecule has 1 heterocycles. The number of allylic oxidation sites excluding steroid dienone is 2. The highest BCUT2D eigenvalue weighted by Crippen LogP contribution is 2.36. The fourth-order valence-corrected chi connectivity index (χ4v) is 2.19. The van der Waals surface area contributed by atoms with Gasteiger partial charge in [-0.3, -0.25) is 0 Å². The smallest absolute Gasteiger partial charge is 0.0731 e. The maximum Gasteiger partial charge on any atom is 0.0731 e.